The first-order valence-electron chi connectivity index (χ1n) is 8.91. The standard InChI is InChI=1S/C13H19FN3O9P/c1-6(11(20)21)16-27(23,24)25-5-13(2)9(19)8(14)10(26-13)17-4-3-7(18)15-12(17)22/h3-4,6,8-10,19H,5H2,1-2H3,(H,20,21)(H,15,18,22)(H2,16,23,24)/t6-,8+,9-,10+,13+/m0/s1/i2D3,7+1. The van der Waals surface area contributed by atoms with Crippen LogP contribution in [-0.2, 0) is 18.6 Å². The number of hydrogen-bond donors (Lipinski definition) is 5. The number of rotatable bonds is 7. The Morgan fingerprint density at radius 2 is 2.33 bits per heavy atom. The molecule has 14 heteroatoms. The van der Waals surface area contributed by atoms with Gasteiger partial charge in [-0.05, 0) is 13.8 Å². The molecule has 2 rings (SSSR count). The van der Waals surface area contributed by atoms with Crippen molar-refractivity contribution in [3.63, 3.8) is 0 Å². The van der Waals surface area contributed by atoms with E-state index in [0.717, 1.165) is 19.2 Å². The van der Waals surface area contributed by atoms with Crippen molar-refractivity contribution in [2.45, 2.75) is 43.9 Å². The molecule has 0 aromatic carbocycles. The summed E-state index contributed by atoms with van der Waals surface area (Å²) in [4.78, 5) is 45.4. The molecule has 0 radical (unpaired) electrons. The maximum Gasteiger partial charge on any atom is 0.403 e. The number of carbonyl (C=O) groups is 1. The van der Waals surface area contributed by atoms with Crippen LogP contribution in [0.15, 0.2) is 21.9 Å². The van der Waals surface area contributed by atoms with Crippen molar-refractivity contribution in [1.82, 2.24) is 14.6 Å². The van der Waals surface area contributed by atoms with Gasteiger partial charge in [-0.25, -0.2) is 18.8 Å². The second kappa shape index (κ2) is 7.62. The first kappa shape index (κ1) is 17.2. The summed E-state index contributed by atoms with van der Waals surface area (Å²) in [5.41, 5.74) is -4.89. The summed E-state index contributed by atoms with van der Waals surface area (Å²) in [5.74, 6) is -1.52. The van der Waals surface area contributed by atoms with Crippen molar-refractivity contribution < 1.29 is 42.2 Å². The molecule has 12 nitrogen and oxygen atoms in total. The van der Waals surface area contributed by atoms with Crippen molar-refractivity contribution in [2.75, 3.05) is 6.61 Å². The molecule has 5 N–H and O–H groups in total. The molecule has 1 saturated heterocycles. The molecule has 1 aliphatic rings. The van der Waals surface area contributed by atoms with E-state index in [1.54, 1.807) is 5.09 Å². The predicted octanol–water partition coefficient (Wildman–Crippen LogP) is -1.30. The number of H-pyrrole nitrogens is 1. The lowest BCUT2D eigenvalue weighted by Crippen LogP contribution is -2.43. The fourth-order valence-corrected chi connectivity index (χ4v) is 3.28. The largest absolute Gasteiger partial charge is 0.480 e. The van der Waals surface area contributed by atoms with Crippen LogP contribution < -0.4 is 16.3 Å². The minimum absolute atomic E-state index is 0.492. The van der Waals surface area contributed by atoms with Crippen LogP contribution in [0.3, 0.4) is 0 Å². The van der Waals surface area contributed by atoms with E-state index in [9.17, 15) is 33.3 Å². The van der Waals surface area contributed by atoms with Crippen molar-refractivity contribution in [2.24, 2.45) is 0 Å². The highest BCUT2D eigenvalue weighted by Gasteiger charge is 2.54. The van der Waals surface area contributed by atoms with Gasteiger partial charge in [0.05, 0.1) is 6.61 Å². The first-order valence-corrected chi connectivity index (χ1v) is 8.98. The van der Waals surface area contributed by atoms with Crippen LogP contribution >= 0.6 is 7.75 Å². The van der Waals surface area contributed by atoms with Crippen molar-refractivity contribution in [3.8, 4) is 0 Å². The Bertz CT molecular complexity index is 969. The summed E-state index contributed by atoms with van der Waals surface area (Å²) in [5, 5.41) is 20.8. The SMILES string of the molecule is [2H]C([2H])([2H])[C@]1(COP(=O)(O)N[C@@H](C)C(=O)O)O[C@@H](n2cc[13c](=O)[nH]c2=O)[C@H](F)[C@@H]1O. The smallest absolute Gasteiger partial charge is 0.403 e. The molecule has 1 fully saturated rings. The molecule has 1 aliphatic heterocycles. The monoisotopic (exact) mass is 415 g/mol. The maximum atomic E-state index is 14.8. The Kier molecular flexibility index (Phi) is 4.86. The van der Waals surface area contributed by atoms with E-state index in [1.165, 1.54) is 0 Å². The lowest BCUT2D eigenvalue weighted by Gasteiger charge is -2.28. The fourth-order valence-electron chi connectivity index (χ4n) is 2.24. The van der Waals surface area contributed by atoms with Gasteiger partial charge < -0.3 is 19.8 Å². The van der Waals surface area contributed by atoms with Gasteiger partial charge in [0.2, 0.25) is 0 Å². The molecule has 1 unspecified atom stereocenters. The van der Waals surface area contributed by atoms with Gasteiger partial charge in [0, 0.05) is 16.4 Å². The number of hydrogen-bond acceptors (Lipinski definition) is 7. The van der Waals surface area contributed by atoms with Gasteiger partial charge in [-0.1, -0.05) is 0 Å². The number of nitrogens with zero attached hydrogens (tertiary/aromatic N) is 1. The van der Waals surface area contributed by atoms with Crippen LogP contribution in [0, 0.1) is 0 Å². The highest BCUT2D eigenvalue weighted by molar-refractivity contribution is 7.50. The number of aromatic nitrogens is 2. The molecular weight excluding hydrogens is 393 g/mol. The highest BCUT2D eigenvalue weighted by Crippen LogP contribution is 2.43. The Balaban J connectivity index is 2.37. The van der Waals surface area contributed by atoms with Gasteiger partial charge in [-0.15, -0.1) is 0 Å². The second-order valence-corrected chi connectivity index (χ2v) is 7.34. The molecule has 0 spiro atoms. The van der Waals surface area contributed by atoms with Gasteiger partial charge >= 0.3 is 19.4 Å². The number of carboxylic acids is 1. The Labute approximate surface area is 155 Å². The molecule has 1 aromatic rings. The third-order valence-corrected chi connectivity index (χ3v) is 4.88. The molecular formula is C13H19FN3O9P. The van der Waals surface area contributed by atoms with Crippen LogP contribution in [0.4, 0.5) is 4.39 Å². The number of ether oxygens (including phenoxy) is 1. The number of aliphatic hydroxyl groups is 1. The summed E-state index contributed by atoms with van der Waals surface area (Å²) >= 11 is 0. The topological polar surface area (TPSA) is 180 Å². The molecule has 27 heavy (non-hydrogen) atoms. The van der Waals surface area contributed by atoms with E-state index < -0.39 is 68.6 Å². The zero-order chi connectivity index (χ0) is 23.1. The minimum atomic E-state index is -4.93. The summed E-state index contributed by atoms with van der Waals surface area (Å²) in [6, 6.07) is -0.741. The average molecular weight is 415 g/mol. The molecule has 0 bridgehead atoms. The van der Waals surface area contributed by atoms with Crippen LogP contribution in [0.5, 0.6) is 0 Å². The Morgan fingerprint density at radius 3 is 2.89 bits per heavy atom. The molecule has 152 valence electrons. The molecule has 0 aliphatic carbocycles. The van der Waals surface area contributed by atoms with Gasteiger partial charge in [0.1, 0.15) is 17.7 Å². The van der Waals surface area contributed by atoms with E-state index in [-0.39, 0.29) is 0 Å². The maximum absolute atomic E-state index is 14.8. The van der Waals surface area contributed by atoms with Gasteiger partial charge in [-0.2, -0.15) is 0 Å². The quantitative estimate of drug-likeness (QED) is 0.336. The van der Waals surface area contributed by atoms with E-state index in [4.69, 9.17) is 14.0 Å². The summed E-state index contributed by atoms with van der Waals surface area (Å²) in [6.45, 7) is -3.69. The van der Waals surface area contributed by atoms with Crippen molar-refractivity contribution in [3.05, 3.63) is 33.1 Å². The first-order chi connectivity index (χ1) is 13.6. The molecule has 2 heterocycles. The normalized spacial score (nSPS) is 33.5. The zero-order valence-corrected chi connectivity index (χ0v) is 14.6. The number of nitrogens with one attached hydrogen (secondary N) is 2. The van der Waals surface area contributed by atoms with Crippen molar-refractivity contribution in [1.29, 1.82) is 0 Å². The number of halogens is 1. The zero-order valence-electron chi connectivity index (χ0n) is 16.7. The van der Waals surface area contributed by atoms with Gasteiger partial charge in [0.15, 0.2) is 12.4 Å². The third kappa shape index (κ3) is 4.69. The Morgan fingerprint density at radius 1 is 1.67 bits per heavy atom. The average Bonchev–Trinajstić information content (AvgIpc) is 2.85. The van der Waals surface area contributed by atoms with Gasteiger partial charge in [-0.3, -0.25) is 23.7 Å². The molecule has 1 aromatic heterocycles. The molecule has 0 amide bonds. The van der Waals surface area contributed by atoms with Crippen LogP contribution in [-0.4, -0.2) is 61.2 Å². The van der Waals surface area contributed by atoms with E-state index in [0.29, 0.717) is 4.57 Å². The summed E-state index contributed by atoms with van der Waals surface area (Å²) in [7, 11) is -4.93. The predicted molar refractivity (Wildman–Crippen MR) is 86.8 cm³/mol. The fraction of sp³-hybridized carbons (Fsp3) is 0.615. The highest BCUT2D eigenvalue weighted by atomic mass is 31.2. The number of carboxylic acid groups (broad SMARTS) is 1. The van der Waals surface area contributed by atoms with E-state index >= 15 is 0 Å². The van der Waals surface area contributed by atoms with E-state index in [2.05, 4.69) is 4.52 Å². The number of aromatic amines is 1. The minimum Gasteiger partial charge on any atom is -0.480 e. The molecule has 6 atom stereocenters. The number of alkyl halides is 1. The van der Waals surface area contributed by atoms with Crippen LogP contribution in [0.1, 0.15) is 24.1 Å². The Hall–Kier alpha value is -1.89. The van der Waals surface area contributed by atoms with E-state index in [1.807, 2.05) is 4.98 Å². The number of aliphatic carboxylic acids is 1. The lowest BCUT2D eigenvalue weighted by molar-refractivity contribution is -0.138. The summed E-state index contributed by atoms with van der Waals surface area (Å²) in [6.07, 6.45) is -6.17. The van der Waals surface area contributed by atoms with Crippen molar-refractivity contribution >= 4 is 13.7 Å². The summed E-state index contributed by atoms with van der Waals surface area (Å²) < 4.78 is 59.9. The van der Waals surface area contributed by atoms with Gasteiger partial charge in [0.25, 0.3) is 5.56 Å². The van der Waals surface area contributed by atoms with Crippen LogP contribution in [0.25, 0.3) is 0 Å². The molecule has 0 saturated carbocycles. The number of aliphatic hydroxyl groups excluding tert-OH is 1. The third-order valence-electron chi connectivity index (χ3n) is 3.69. The lowest BCUT2D eigenvalue weighted by atomic mass is 9.99. The second-order valence-electron chi connectivity index (χ2n) is 5.79. The van der Waals surface area contributed by atoms with Crippen LogP contribution in [0.2, 0.25) is 0 Å².